The van der Waals surface area contributed by atoms with E-state index in [9.17, 15) is 4.79 Å². The van der Waals surface area contributed by atoms with Crippen LogP contribution in [0.3, 0.4) is 0 Å². The van der Waals surface area contributed by atoms with Crippen LogP contribution >= 0.6 is 11.6 Å². The lowest BCUT2D eigenvalue weighted by atomic mass is 10.2. The molecule has 0 aliphatic carbocycles. The fourth-order valence-electron chi connectivity index (χ4n) is 3.16. The smallest absolute Gasteiger partial charge is 0.244 e. The second-order valence-corrected chi connectivity index (χ2v) is 7.80. The molecule has 0 aliphatic heterocycles. The summed E-state index contributed by atoms with van der Waals surface area (Å²) < 4.78 is 13.0. The monoisotopic (exact) mass is 474 g/mol. The zero-order valence-electron chi connectivity index (χ0n) is 18.5. The summed E-state index contributed by atoms with van der Waals surface area (Å²) in [4.78, 5) is 12.1. The SMILES string of the molecule is COc1cc(CNC(=O)/C=C/c2ccccc2)ccc1OCc1cn(-c2ccc(Cl)cc2)nn1. The molecule has 1 amide bonds. The molecule has 0 aliphatic rings. The first-order chi connectivity index (χ1) is 16.6. The number of nitrogens with one attached hydrogen (secondary N) is 1. The number of amides is 1. The Morgan fingerprint density at radius 2 is 1.85 bits per heavy atom. The third-order valence-corrected chi connectivity index (χ3v) is 5.18. The van der Waals surface area contributed by atoms with Crippen LogP contribution in [-0.2, 0) is 17.9 Å². The summed E-state index contributed by atoms with van der Waals surface area (Å²) in [5.41, 5.74) is 3.37. The van der Waals surface area contributed by atoms with E-state index >= 15 is 0 Å². The van der Waals surface area contributed by atoms with Gasteiger partial charge in [0.1, 0.15) is 12.3 Å². The average Bonchev–Trinajstić information content (AvgIpc) is 3.35. The third-order valence-electron chi connectivity index (χ3n) is 4.93. The largest absolute Gasteiger partial charge is 0.493 e. The van der Waals surface area contributed by atoms with Crippen LogP contribution in [0.25, 0.3) is 11.8 Å². The molecule has 0 atom stereocenters. The van der Waals surface area contributed by atoms with Crippen molar-refractivity contribution < 1.29 is 14.3 Å². The van der Waals surface area contributed by atoms with Crippen LogP contribution in [0.4, 0.5) is 0 Å². The molecular formula is C26H23ClN4O3. The predicted molar refractivity (Wildman–Crippen MR) is 131 cm³/mol. The fraction of sp³-hybridized carbons (Fsp3) is 0.115. The van der Waals surface area contributed by atoms with E-state index in [4.69, 9.17) is 21.1 Å². The van der Waals surface area contributed by atoms with E-state index in [1.54, 1.807) is 36.2 Å². The van der Waals surface area contributed by atoms with Gasteiger partial charge in [0.05, 0.1) is 19.0 Å². The normalized spacial score (nSPS) is 10.9. The second-order valence-electron chi connectivity index (χ2n) is 7.37. The Morgan fingerprint density at radius 3 is 2.62 bits per heavy atom. The zero-order valence-corrected chi connectivity index (χ0v) is 19.3. The summed E-state index contributed by atoms with van der Waals surface area (Å²) in [7, 11) is 1.57. The summed E-state index contributed by atoms with van der Waals surface area (Å²) >= 11 is 5.93. The molecule has 0 radical (unpaired) electrons. The lowest BCUT2D eigenvalue weighted by molar-refractivity contribution is -0.116. The number of benzene rings is 3. The molecule has 0 fully saturated rings. The van der Waals surface area contributed by atoms with Gasteiger partial charge in [0.15, 0.2) is 11.5 Å². The molecule has 172 valence electrons. The summed E-state index contributed by atoms with van der Waals surface area (Å²) in [6.07, 6.45) is 5.08. The number of ether oxygens (including phenoxy) is 2. The number of rotatable bonds is 9. The lowest BCUT2D eigenvalue weighted by Crippen LogP contribution is -2.20. The van der Waals surface area contributed by atoms with Crippen molar-refractivity contribution >= 4 is 23.6 Å². The van der Waals surface area contributed by atoms with Gasteiger partial charge in [0.2, 0.25) is 5.91 Å². The number of nitrogens with zero attached hydrogens (tertiary/aromatic N) is 3. The maximum atomic E-state index is 12.1. The molecule has 0 bridgehead atoms. The highest BCUT2D eigenvalue weighted by Crippen LogP contribution is 2.28. The van der Waals surface area contributed by atoms with E-state index in [1.807, 2.05) is 60.7 Å². The highest BCUT2D eigenvalue weighted by molar-refractivity contribution is 6.30. The Bertz CT molecular complexity index is 1270. The first kappa shape index (κ1) is 23.1. The molecule has 4 aromatic rings. The number of carbonyl (C=O) groups is 1. The van der Waals surface area contributed by atoms with Gasteiger partial charge in [0.25, 0.3) is 0 Å². The summed E-state index contributed by atoms with van der Waals surface area (Å²) in [6, 6.07) is 22.5. The Morgan fingerprint density at radius 1 is 1.06 bits per heavy atom. The molecule has 0 spiro atoms. The van der Waals surface area contributed by atoms with E-state index in [0.29, 0.717) is 28.8 Å². The van der Waals surface area contributed by atoms with Gasteiger partial charge in [-0.1, -0.05) is 53.2 Å². The molecule has 0 unspecified atom stereocenters. The molecule has 8 heteroatoms. The number of aromatic nitrogens is 3. The molecule has 1 heterocycles. The summed E-state index contributed by atoms with van der Waals surface area (Å²) in [6.45, 7) is 0.592. The second kappa shape index (κ2) is 11.2. The summed E-state index contributed by atoms with van der Waals surface area (Å²) in [5, 5.41) is 11.8. The van der Waals surface area contributed by atoms with Crippen LogP contribution in [0.1, 0.15) is 16.8 Å². The first-order valence-electron chi connectivity index (χ1n) is 10.6. The van der Waals surface area contributed by atoms with Gasteiger partial charge in [-0.25, -0.2) is 4.68 Å². The third kappa shape index (κ3) is 6.24. The number of hydrogen-bond acceptors (Lipinski definition) is 5. The molecule has 1 aromatic heterocycles. The maximum Gasteiger partial charge on any atom is 0.244 e. The van der Waals surface area contributed by atoms with Crippen molar-refractivity contribution in [1.29, 1.82) is 0 Å². The predicted octanol–water partition coefficient (Wildman–Crippen LogP) is 4.84. The van der Waals surface area contributed by atoms with Gasteiger partial charge >= 0.3 is 0 Å². The molecular weight excluding hydrogens is 452 g/mol. The van der Waals surface area contributed by atoms with E-state index in [1.165, 1.54) is 6.08 Å². The fourth-order valence-corrected chi connectivity index (χ4v) is 3.29. The minimum absolute atomic E-state index is 0.174. The minimum atomic E-state index is -0.174. The minimum Gasteiger partial charge on any atom is -0.493 e. The van der Waals surface area contributed by atoms with Crippen LogP contribution < -0.4 is 14.8 Å². The highest BCUT2D eigenvalue weighted by atomic mass is 35.5. The van der Waals surface area contributed by atoms with Gasteiger partial charge in [-0.15, -0.1) is 5.10 Å². The molecule has 7 nitrogen and oxygen atoms in total. The number of hydrogen-bond donors (Lipinski definition) is 1. The van der Waals surface area contributed by atoms with Crippen molar-refractivity contribution in [1.82, 2.24) is 20.3 Å². The van der Waals surface area contributed by atoms with Crippen molar-refractivity contribution in [3.8, 4) is 17.2 Å². The first-order valence-corrected chi connectivity index (χ1v) is 11.0. The van der Waals surface area contributed by atoms with Gasteiger partial charge < -0.3 is 14.8 Å². The Labute approximate surface area is 202 Å². The van der Waals surface area contributed by atoms with Crippen molar-refractivity contribution in [2.24, 2.45) is 0 Å². The molecule has 34 heavy (non-hydrogen) atoms. The number of halogens is 1. The molecule has 0 saturated carbocycles. The van der Waals surface area contributed by atoms with Crippen LogP contribution in [0.15, 0.2) is 85.1 Å². The van der Waals surface area contributed by atoms with Crippen LogP contribution in [0, 0.1) is 0 Å². The zero-order chi connectivity index (χ0) is 23.8. The Kier molecular flexibility index (Phi) is 7.57. The number of methoxy groups -OCH3 is 1. The van der Waals surface area contributed by atoms with Crippen LogP contribution in [-0.4, -0.2) is 28.0 Å². The molecule has 0 saturated heterocycles. The average molecular weight is 475 g/mol. The van der Waals surface area contributed by atoms with Crippen molar-refractivity contribution in [2.45, 2.75) is 13.2 Å². The maximum absolute atomic E-state index is 12.1. The van der Waals surface area contributed by atoms with Gasteiger partial charge in [-0.3, -0.25) is 4.79 Å². The van der Waals surface area contributed by atoms with Crippen molar-refractivity contribution in [3.05, 3.63) is 107 Å². The number of carbonyl (C=O) groups excluding carboxylic acids is 1. The Hall–Kier alpha value is -4.10. The highest BCUT2D eigenvalue weighted by Gasteiger charge is 2.09. The van der Waals surface area contributed by atoms with Crippen LogP contribution in [0.5, 0.6) is 11.5 Å². The quantitative estimate of drug-likeness (QED) is 0.351. The topological polar surface area (TPSA) is 78.3 Å². The van der Waals surface area contributed by atoms with Crippen molar-refractivity contribution in [3.63, 3.8) is 0 Å². The lowest BCUT2D eigenvalue weighted by Gasteiger charge is -2.11. The van der Waals surface area contributed by atoms with E-state index < -0.39 is 0 Å². The Balaban J connectivity index is 1.33. The van der Waals surface area contributed by atoms with E-state index in [2.05, 4.69) is 15.6 Å². The van der Waals surface area contributed by atoms with Gasteiger partial charge in [-0.2, -0.15) is 0 Å². The molecule has 1 N–H and O–H groups in total. The van der Waals surface area contributed by atoms with E-state index in [0.717, 1.165) is 16.8 Å². The standard InChI is InChI=1S/C26H23ClN4O3/c1-33-25-15-20(16-28-26(32)14-8-19-5-3-2-4-6-19)7-13-24(25)34-18-22-17-31(30-29-22)23-11-9-21(27)10-12-23/h2-15,17H,16,18H2,1H3,(H,28,32)/b14-8+. The van der Waals surface area contributed by atoms with Crippen LogP contribution in [0.2, 0.25) is 5.02 Å². The van der Waals surface area contributed by atoms with Gasteiger partial charge in [0, 0.05) is 17.6 Å². The molecule has 4 rings (SSSR count). The molecule has 3 aromatic carbocycles. The van der Waals surface area contributed by atoms with Gasteiger partial charge in [-0.05, 0) is 53.6 Å². The summed E-state index contributed by atoms with van der Waals surface area (Å²) in [5.74, 6) is 0.964. The van der Waals surface area contributed by atoms with E-state index in [-0.39, 0.29) is 12.5 Å². The van der Waals surface area contributed by atoms with Crippen molar-refractivity contribution in [2.75, 3.05) is 7.11 Å².